The number of pyridine rings is 1. The Morgan fingerprint density at radius 2 is 1.96 bits per heavy atom. The van der Waals surface area contributed by atoms with Crippen LogP contribution in [0.4, 0.5) is 0 Å². The van der Waals surface area contributed by atoms with Crippen molar-refractivity contribution in [2.24, 2.45) is 4.99 Å². The molecule has 0 bridgehead atoms. The lowest BCUT2D eigenvalue weighted by Crippen LogP contribution is -2.33. The van der Waals surface area contributed by atoms with E-state index in [2.05, 4.69) is 39.7 Å². The van der Waals surface area contributed by atoms with Crippen LogP contribution in [0.2, 0.25) is 0 Å². The van der Waals surface area contributed by atoms with Crippen molar-refractivity contribution < 1.29 is 4.84 Å². The van der Waals surface area contributed by atoms with Crippen LogP contribution in [-0.4, -0.2) is 27.6 Å². The van der Waals surface area contributed by atoms with Crippen LogP contribution in [0.1, 0.15) is 38.3 Å². The molecule has 1 N–H and O–H groups in total. The van der Waals surface area contributed by atoms with Gasteiger partial charge in [-0.15, -0.1) is 16.4 Å². The molecule has 0 aromatic carbocycles. The number of hydrogen-bond acceptors (Lipinski definition) is 8. The molecule has 6 nitrogen and oxygen atoms in total. The molecule has 8 heteroatoms. The molecule has 0 fully saturated rings. The van der Waals surface area contributed by atoms with Gasteiger partial charge in [0.1, 0.15) is 22.7 Å². The summed E-state index contributed by atoms with van der Waals surface area (Å²) in [6.45, 7) is 8.57. The number of amidine groups is 1. The van der Waals surface area contributed by atoms with Gasteiger partial charge in [0, 0.05) is 15.4 Å². The smallest absolute Gasteiger partial charge is 0.156 e. The molecule has 3 aromatic heterocycles. The molecule has 28 heavy (non-hydrogen) atoms. The zero-order chi connectivity index (χ0) is 19.7. The van der Waals surface area contributed by atoms with E-state index < -0.39 is 0 Å². The van der Waals surface area contributed by atoms with Gasteiger partial charge in [0.15, 0.2) is 5.84 Å². The quantitative estimate of drug-likeness (QED) is 0.688. The summed E-state index contributed by atoms with van der Waals surface area (Å²) in [4.78, 5) is 17.7. The van der Waals surface area contributed by atoms with Crippen LogP contribution < -0.4 is 5.48 Å². The molecular formula is C20H21N5OS2. The van der Waals surface area contributed by atoms with Crippen LogP contribution in [0.15, 0.2) is 45.4 Å². The number of thiophene rings is 1. The molecule has 0 spiro atoms. The third-order valence-corrected chi connectivity index (χ3v) is 6.53. The van der Waals surface area contributed by atoms with Crippen molar-refractivity contribution in [1.82, 2.24) is 20.7 Å². The summed E-state index contributed by atoms with van der Waals surface area (Å²) in [5, 5.41) is 10.4. The molecule has 3 aromatic rings. The summed E-state index contributed by atoms with van der Waals surface area (Å²) >= 11 is 3.24. The summed E-state index contributed by atoms with van der Waals surface area (Å²) in [7, 11) is 0. The minimum absolute atomic E-state index is 0.0298. The second-order valence-electron chi connectivity index (χ2n) is 6.66. The molecule has 4 heterocycles. The van der Waals surface area contributed by atoms with Gasteiger partial charge in [-0.25, -0.2) is 10.5 Å². The second-order valence-corrected chi connectivity index (χ2v) is 8.99. The van der Waals surface area contributed by atoms with Crippen LogP contribution in [0, 0.1) is 27.7 Å². The van der Waals surface area contributed by atoms with Gasteiger partial charge < -0.3 is 0 Å². The van der Waals surface area contributed by atoms with Crippen LogP contribution in [0.5, 0.6) is 0 Å². The lowest BCUT2D eigenvalue weighted by Gasteiger charge is -2.23. The fourth-order valence-electron chi connectivity index (χ4n) is 2.91. The Bertz CT molecular complexity index is 1050. The third-order valence-electron chi connectivity index (χ3n) is 4.51. The number of hydrogen-bond donors (Lipinski definition) is 1. The first-order valence-electron chi connectivity index (χ1n) is 8.99. The Labute approximate surface area is 172 Å². The standard InChI is InChI=1S/C20H21N5OS2/c1-11-6-5-7-17(21-11)28-20-18(13(3)14(4)23-24-20)19-22-15(10-26-25-19)16-9-8-12(2)27-16/h5-9,15H,10H2,1-4H3,(H,22,25)/t15-/m1/s1. The Kier molecular flexibility index (Phi) is 5.43. The lowest BCUT2D eigenvalue weighted by atomic mass is 10.1. The molecule has 0 saturated heterocycles. The number of rotatable bonds is 4. The largest absolute Gasteiger partial charge is 0.272 e. The van der Waals surface area contributed by atoms with Crippen molar-refractivity contribution in [3.63, 3.8) is 0 Å². The minimum Gasteiger partial charge on any atom is -0.272 e. The zero-order valence-electron chi connectivity index (χ0n) is 16.2. The Morgan fingerprint density at radius 1 is 1.11 bits per heavy atom. The van der Waals surface area contributed by atoms with E-state index in [0.717, 1.165) is 32.6 Å². The molecular weight excluding hydrogens is 390 g/mol. The predicted octanol–water partition coefficient (Wildman–Crippen LogP) is 4.34. The van der Waals surface area contributed by atoms with E-state index in [1.807, 2.05) is 39.0 Å². The molecule has 1 aliphatic heterocycles. The predicted molar refractivity (Wildman–Crippen MR) is 112 cm³/mol. The molecule has 0 saturated carbocycles. The number of nitrogens with zero attached hydrogens (tertiary/aromatic N) is 4. The zero-order valence-corrected chi connectivity index (χ0v) is 17.8. The van der Waals surface area contributed by atoms with Crippen molar-refractivity contribution in [3.8, 4) is 0 Å². The highest BCUT2D eigenvalue weighted by Crippen LogP contribution is 2.32. The van der Waals surface area contributed by atoms with Gasteiger partial charge in [-0.3, -0.25) is 9.83 Å². The third kappa shape index (κ3) is 3.94. The van der Waals surface area contributed by atoms with Gasteiger partial charge >= 0.3 is 0 Å². The molecule has 0 aliphatic carbocycles. The second kappa shape index (κ2) is 7.98. The summed E-state index contributed by atoms with van der Waals surface area (Å²) in [6.07, 6.45) is 0. The van der Waals surface area contributed by atoms with Gasteiger partial charge in [0.05, 0.1) is 11.3 Å². The summed E-state index contributed by atoms with van der Waals surface area (Å²) in [6, 6.07) is 10.2. The maximum Gasteiger partial charge on any atom is 0.156 e. The van der Waals surface area contributed by atoms with E-state index in [9.17, 15) is 0 Å². The highest BCUT2D eigenvalue weighted by molar-refractivity contribution is 7.99. The number of aliphatic imine (C=N–C) groups is 1. The molecule has 0 amide bonds. The molecule has 144 valence electrons. The highest BCUT2D eigenvalue weighted by atomic mass is 32.2. The molecule has 1 aliphatic rings. The fraction of sp³-hybridized carbons (Fsp3) is 0.300. The van der Waals surface area contributed by atoms with Crippen molar-refractivity contribution in [2.75, 3.05) is 6.61 Å². The monoisotopic (exact) mass is 411 g/mol. The average molecular weight is 412 g/mol. The van der Waals surface area contributed by atoms with E-state index in [0.29, 0.717) is 12.4 Å². The van der Waals surface area contributed by atoms with Crippen LogP contribution in [-0.2, 0) is 4.84 Å². The molecule has 0 unspecified atom stereocenters. The van der Waals surface area contributed by atoms with Crippen molar-refractivity contribution in [2.45, 2.75) is 43.8 Å². The molecule has 0 radical (unpaired) electrons. The number of nitrogens with one attached hydrogen (secondary N) is 1. The lowest BCUT2D eigenvalue weighted by molar-refractivity contribution is 0.0627. The molecule has 1 atom stereocenters. The fourth-order valence-corrected chi connectivity index (χ4v) is 4.78. The van der Waals surface area contributed by atoms with Crippen LogP contribution >= 0.6 is 23.1 Å². The maximum absolute atomic E-state index is 5.68. The van der Waals surface area contributed by atoms with Gasteiger partial charge in [0.25, 0.3) is 0 Å². The summed E-state index contributed by atoms with van der Waals surface area (Å²) in [5.74, 6) is 0.688. The van der Waals surface area contributed by atoms with E-state index >= 15 is 0 Å². The van der Waals surface area contributed by atoms with Crippen molar-refractivity contribution >= 4 is 28.9 Å². The number of aromatic nitrogens is 3. The van der Waals surface area contributed by atoms with Crippen LogP contribution in [0.25, 0.3) is 0 Å². The van der Waals surface area contributed by atoms with E-state index in [4.69, 9.17) is 9.83 Å². The number of aryl methyl sites for hydroxylation is 3. The van der Waals surface area contributed by atoms with E-state index in [1.165, 1.54) is 21.5 Å². The van der Waals surface area contributed by atoms with Gasteiger partial charge in [0.2, 0.25) is 0 Å². The SMILES string of the molecule is Cc1cccc(Sc2nnc(C)c(C)c2C2=N[C@@H](c3ccc(C)s3)CON2)n1. The van der Waals surface area contributed by atoms with E-state index in [1.54, 1.807) is 11.3 Å². The van der Waals surface area contributed by atoms with Crippen LogP contribution in [0.3, 0.4) is 0 Å². The Morgan fingerprint density at radius 3 is 2.71 bits per heavy atom. The Hall–Kier alpha value is -2.29. The molecule has 4 rings (SSSR count). The first-order valence-corrected chi connectivity index (χ1v) is 10.6. The first kappa shape index (κ1) is 19.0. The Balaban J connectivity index is 1.75. The normalized spacial score (nSPS) is 16.6. The maximum atomic E-state index is 5.68. The summed E-state index contributed by atoms with van der Waals surface area (Å²) < 4.78 is 0. The first-order chi connectivity index (χ1) is 13.5. The van der Waals surface area contributed by atoms with Gasteiger partial charge in [-0.1, -0.05) is 6.07 Å². The van der Waals surface area contributed by atoms with Crippen molar-refractivity contribution in [1.29, 1.82) is 0 Å². The minimum atomic E-state index is -0.0298. The van der Waals surface area contributed by atoms with Gasteiger partial charge in [-0.05, 0) is 69.3 Å². The average Bonchev–Trinajstić information content (AvgIpc) is 3.12. The topological polar surface area (TPSA) is 72.3 Å². The van der Waals surface area contributed by atoms with E-state index in [-0.39, 0.29) is 6.04 Å². The van der Waals surface area contributed by atoms with Crippen molar-refractivity contribution in [3.05, 3.63) is 62.6 Å². The summed E-state index contributed by atoms with van der Waals surface area (Å²) in [5.41, 5.74) is 6.78. The highest BCUT2D eigenvalue weighted by Gasteiger charge is 2.24. The van der Waals surface area contributed by atoms with Gasteiger partial charge in [-0.2, -0.15) is 5.10 Å². The number of hydroxylamine groups is 1.